The smallest absolute Gasteiger partial charge is 0.337 e. The van der Waals surface area contributed by atoms with Crippen molar-refractivity contribution in [2.75, 3.05) is 39.2 Å². The first-order valence-corrected chi connectivity index (χ1v) is 9.87. The molecular weight excluding hydrogens is 374 g/mol. The number of hydrogen-bond donors (Lipinski definition) is 1. The van der Waals surface area contributed by atoms with Gasteiger partial charge in [0.1, 0.15) is 0 Å². The quantitative estimate of drug-likeness (QED) is 0.647. The fourth-order valence-electron chi connectivity index (χ4n) is 2.83. The molecule has 0 spiro atoms. The number of nitrogens with one attached hydrogen (secondary N) is 1. The van der Waals surface area contributed by atoms with Gasteiger partial charge in [-0.05, 0) is 42.8 Å². The van der Waals surface area contributed by atoms with Crippen molar-refractivity contribution >= 4 is 38.6 Å². The summed E-state index contributed by atoms with van der Waals surface area (Å²) in [5.41, 5.74) is 2.95. The van der Waals surface area contributed by atoms with Crippen molar-refractivity contribution in [2.45, 2.75) is 6.92 Å². The second-order valence-corrected chi connectivity index (χ2v) is 7.91. The molecule has 0 aliphatic rings. The van der Waals surface area contributed by atoms with E-state index in [-0.39, 0.29) is 5.91 Å². The Morgan fingerprint density at radius 2 is 1.79 bits per heavy atom. The van der Waals surface area contributed by atoms with E-state index in [1.165, 1.54) is 23.3 Å². The summed E-state index contributed by atoms with van der Waals surface area (Å²) in [5.74, 6) is -0.553. The Morgan fingerprint density at radius 1 is 1.11 bits per heavy atom. The zero-order valence-corrected chi connectivity index (χ0v) is 17.3. The van der Waals surface area contributed by atoms with Crippen LogP contribution in [0.4, 0.5) is 5.13 Å². The largest absolute Gasteiger partial charge is 0.465 e. The maximum Gasteiger partial charge on any atom is 0.337 e. The van der Waals surface area contributed by atoms with E-state index in [2.05, 4.69) is 14.1 Å². The van der Waals surface area contributed by atoms with Gasteiger partial charge >= 0.3 is 5.97 Å². The molecule has 7 heteroatoms. The second-order valence-electron chi connectivity index (χ2n) is 6.90. The van der Waals surface area contributed by atoms with E-state index in [0.717, 1.165) is 22.3 Å². The van der Waals surface area contributed by atoms with Crippen LogP contribution in [0, 0.1) is 6.92 Å². The van der Waals surface area contributed by atoms with Crippen molar-refractivity contribution in [3.05, 3.63) is 59.2 Å². The fraction of sp³-hybridized carbons (Fsp3) is 0.286. The van der Waals surface area contributed by atoms with E-state index in [1.54, 1.807) is 29.2 Å². The number of hydrogen-bond acceptors (Lipinski definition) is 5. The molecule has 0 bridgehead atoms. The molecule has 0 atom stereocenters. The molecule has 0 radical (unpaired) electrons. The molecular formula is C21H24N3O3S+. The predicted octanol–water partition coefficient (Wildman–Crippen LogP) is 2.18. The van der Waals surface area contributed by atoms with Gasteiger partial charge in [-0.1, -0.05) is 23.5 Å². The molecule has 1 N–H and O–H groups in total. The topological polar surface area (TPSA) is 63.9 Å². The maximum absolute atomic E-state index is 13.2. The molecule has 146 valence electrons. The molecule has 1 heterocycles. The van der Waals surface area contributed by atoms with Gasteiger partial charge in [0.2, 0.25) is 0 Å². The summed E-state index contributed by atoms with van der Waals surface area (Å²) in [6, 6.07) is 12.6. The number of aromatic nitrogens is 1. The number of aryl methyl sites for hydroxylation is 1. The number of para-hydroxylation sites is 1. The number of thiazole rings is 1. The minimum atomic E-state index is -0.422. The lowest BCUT2D eigenvalue weighted by molar-refractivity contribution is -0.856. The van der Waals surface area contributed by atoms with E-state index in [9.17, 15) is 9.59 Å². The summed E-state index contributed by atoms with van der Waals surface area (Å²) in [6.45, 7) is 3.37. The lowest BCUT2D eigenvalue weighted by Crippen LogP contribution is -3.06. The van der Waals surface area contributed by atoms with Crippen LogP contribution >= 0.6 is 11.3 Å². The zero-order chi connectivity index (χ0) is 20.3. The number of carbonyl (C=O) groups excluding carboxylic acids is 2. The van der Waals surface area contributed by atoms with Crippen molar-refractivity contribution in [3.63, 3.8) is 0 Å². The van der Waals surface area contributed by atoms with Gasteiger partial charge in [-0.2, -0.15) is 0 Å². The van der Waals surface area contributed by atoms with Crippen molar-refractivity contribution in [1.82, 2.24) is 4.98 Å². The molecule has 6 nitrogen and oxygen atoms in total. The highest BCUT2D eigenvalue weighted by Crippen LogP contribution is 2.31. The van der Waals surface area contributed by atoms with Crippen LogP contribution in [0.15, 0.2) is 42.5 Å². The highest BCUT2D eigenvalue weighted by atomic mass is 32.1. The lowest BCUT2D eigenvalue weighted by Gasteiger charge is -2.20. The average Bonchev–Trinajstić information content (AvgIpc) is 3.12. The Labute approximate surface area is 168 Å². The summed E-state index contributed by atoms with van der Waals surface area (Å²) in [5, 5.41) is 0.688. The monoisotopic (exact) mass is 398 g/mol. The van der Waals surface area contributed by atoms with Crippen molar-refractivity contribution in [3.8, 4) is 0 Å². The van der Waals surface area contributed by atoms with E-state index in [0.29, 0.717) is 22.8 Å². The molecule has 2 aromatic carbocycles. The number of benzene rings is 2. The van der Waals surface area contributed by atoms with Crippen LogP contribution in [-0.4, -0.2) is 51.2 Å². The highest BCUT2D eigenvalue weighted by Gasteiger charge is 2.23. The molecule has 3 rings (SSSR count). The molecule has 0 aliphatic heterocycles. The number of rotatable bonds is 6. The number of likely N-dealkylation sites (N-methyl/N-ethyl adjacent to an activating group) is 1. The third kappa shape index (κ3) is 4.21. The van der Waals surface area contributed by atoms with Crippen molar-refractivity contribution in [1.29, 1.82) is 0 Å². The van der Waals surface area contributed by atoms with E-state index >= 15 is 0 Å². The minimum Gasteiger partial charge on any atom is -0.465 e. The summed E-state index contributed by atoms with van der Waals surface area (Å²) < 4.78 is 5.78. The standard InChI is InChI=1S/C21H23N3O3S/c1-14-6-5-7-17-18(14)22-21(28-17)24(13-12-23(2)3)19(25)15-8-10-16(11-9-15)20(26)27-4/h5-11H,12-13H2,1-4H3/p+1. The number of amides is 1. The van der Waals surface area contributed by atoms with Gasteiger partial charge in [0.15, 0.2) is 5.13 Å². The number of esters is 1. The van der Waals surface area contributed by atoms with E-state index < -0.39 is 5.97 Å². The summed E-state index contributed by atoms with van der Waals surface area (Å²) >= 11 is 1.52. The fourth-order valence-corrected chi connectivity index (χ4v) is 3.90. The van der Waals surface area contributed by atoms with Crippen molar-refractivity contribution < 1.29 is 19.2 Å². The number of methoxy groups -OCH3 is 1. The Hall–Kier alpha value is -2.77. The lowest BCUT2D eigenvalue weighted by atomic mass is 10.1. The third-order valence-corrected chi connectivity index (χ3v) is 5.52. The maximum atomic E-state index is 13.2. The number of anilines is 1. The van der Waals surface area contributed by atoms with Gasteiger partial charge in [0, 0.05) is 5.56 Å². The Kier molecular flexibility index (Phi) is 6.06. The number of nitrogens with zero attached hydrogens (tertiary/aromatic N) is 2. The van der Waals surface area contributed by atoms with Crippen LogP contribution in [0.2, 0.25) is 0 Å². The van der Waals surface area contributed by atoms with Crippen LogP contribution < -0.4 is 9.80 Å². The molecule has 1 aromatic heterocycles. The molecule has 0 aliphatic carbocycles. The molecule has 0 fully saturated rings. The predicted molar refractivity (Wildman–Crippen MR) is 111 cm³/mol. The second kappa shape index (κ2) is 8.50. The van der Waals surface area contributed by atoms with Gasteiger partial charge in [-0.25, -0.2) is 9.78 Å². The first kappa shape index (κ1) is 20.0. The number of ether oxygens (including phenoxy) is 1. The minimum absolute atomic E-state index is 0.130. The first-order valence-electron chi connectivity index (χ1n) is 9.06. The number of quaternary nitrogens is 1. The Bertz CT molecular complexity index is 996. The van der Waals surface area contributed by atoms with Crippen LogP contribution in [-0.2, 0) is 4.74 Å². The number of fused-ring (bicyclic) bond motifs is 1. The van der Waals surface area contributed by atoms with E-state index in [1.807, 2.05) is 25.1 Å². The Balaban J connectivity index is 1.95. The Morgan fingerprint density at radius 3 is 2.39 bits per heavy atom. The van der Waals surface area contributed by atoms with Gasteiger partial charge in [-0.3, -0.25) is 9.69 Å². The normalized spacial score (nSPS) is 11.0. The summed E-state index contributed by atoms with van der Waals surface area (Å²) in [6.07, 6.45) is 0. The molecule has 0 unspecified atom stereocenters. The highest BCUT2D eigenvalue weighted by molar-refractivity contribution is 7.22. The molecule has 0 saturated carbocycles. The average molecular weight is 399 g/mol. The summed E-state index contributed by atoms with van der Waals surface area (Å²) in [4.78, 5) is 32.6. The van der Waals surface area contributed by atoms with Gasteiger partial charge < -0.3 is 9.64 Å². The van der Waals surface area contributed by atoms with Gasteiger partial charge in [0.25, 0.3) is 5.91 Å². The molecule has 1 amide bonds. The van der Waals surface area contributed by atoms with Crippen LogP contribution in [0.5, 0.6) is 0 Å². The SMILES string of the molecule is COC(=O)c1ccc(C(=O)N(CC[NH+](C)C)c2nc3c(C)cccc3s2)cc1. The van der Waals surface area contributed by atoms with Crippen LogP contribution in [0.25, 0.3) is 10.2 Å². The van der Waals surface area contributed by atoms with E-state index in [4.69, 9.17) is 9.72 Å². The first-order chi connectivity index (χ1) is 13.4. The van der Waals surface area contributed by atoms with Crippen LogP contribution in [0.1, 0.15) is 26.3 Å². The van der Waals surface area contributed by atoms with Gasteiger partial charge in [-0.15, -0.1) is 0 Å². The van der Waals surface area contributed by atoms with Crippen LogP contribution in [0.3, 0.4) is 0 Å². The summed E-state index contributed by atoms with van der Waals surface area (Å²) in [7, 11) is 5.44. The molecule has 0 saturated heterocycles. The molecule has 28 heavy (non-hydrogen) atoms. The third-order valence-electron chi connectivity index (χ3n) is 4.47. The van der Waals surface area contributed by atoms with Crippen molar-refractivity contribution in [2.24, 2.45) is 0 Å². The zero-order valence-electron chi connectivity index (χ0n) is 16.5. The molecule has 3 aromatic rings. The van der Waals surface area contributed by atoms with Gasteiger partial charge in [0.05, 0.1) is 50.1 Å². The number of carbonyl (C=O) groups is 2.